The summed E-state index contributed by atoms with van der Waals surface area (Å²) in [6.45, 7) is -0.340. The number of anilines is 3. The fraction of sp³-hybridized carbons (Fsp3) is 0.154. The highest BCUT2D eigenvalue weighted by molar-refractivity contribution is 6.31. The van der Waals surface area contributed by atoms with Gasteiger partial charge in [0.2, 0.25) is 0 Å². The second kappa shape index (κ2) is 11.7. The lowest BCUT2D eigenvalue weighted by Gasteiger charge is -2.14. The van der Waals surface area contributed by atoms with Crippen molar-refractivity contribution in [3.8, 4) is 11.5 Å². The second-order valence-corrected chi connectivity index (χ2v) is 8.56. The highest BCUT2D eigenvalue weighted by Gasteiger charge is 2.16. The van der Waals surface area contributed by atoms with Crippen LogP contribution in [0, 0.1) is 5.82 Å². The summed E-state index contributed by atoms with van der Waals surface area (Å²) in [4.78, 5) is 31.9. The van der Waals surface area contributed by atoms with E-state index in [4.69, 9.17) is 31.9 Å². The van der Waals surface area contributed by atoms with E-state index in [1.165, 1.54) is 25.6 Å². The van der Waals surface area contributed by atoms with Gasteiger partial charge in [0.15, 0.2) is 23.9 Å². The Balaban J connectivity index is 1.48. The van der Waals surface area contributed by atoms with E-state index >= 15 is 0 Å². The Bertz CT molecular complexity index is 1490. The number of carboxylic acids is 1. The zero-order valence-corrected chi connectivity index (χ0v) is 20.8. The molecule has 196 valence electrons. The standard InChI is InChI=1S/C26H23ClFN5O5/c1-37-21-11-20-16(25(31-13-30-20)33-19-4-2-3-17(27)24(19)28)10-22(21)38-12-23(34)32-15-7-5-14(6-8-15)9-18(29)26(35)36/h2-8,10-11,13,18H,9,12,29H2,1H3,(H,32,34)(H,35,36)(H,30,31,33)/t18-/m0/s1. The van der Waals surface area contributed by atoms with Gasteiger partial charge in [0.25, 0.3) is 5.91 Å². The molecule has 1 amide bonds. The van der Waals surface area contributed by atoms with Crippen LogP contribution in [0.15, 0.2) is 60.9 Å². The van der Waals surface area contributed by atoms with Crippen LogP contribution < -0.4 is 25.8 Å². The molecule has 1 aromatic heterocycles. The van der Waals surface area contributed by atoms with Crippen LogP contribution in [0.4, 0.5) is 21.6 Å². The SMILES string of the molecule is COc1cc2ncnc(Nc3cccc(Cl)c3F)c2cc1OCC(=O)Nc1ccc(C[C@H](N)C(=O)O)cc1. The van der Waals surface area contributed by atoms with Crippen molar-refractivity contribution in [2.45, 2.75) is 12.5 Å². The molecule has 4 aromatic rings. The van der Waals surface area contributed by atoms with Crippen LogP contribution in [-0.4, -0.2) is 46.7 Å². The molecule has 0 saturated carbocycles. The fourth-order valence-corrected chi connectivity index (χ4v) is 3.74. The lowest BCUT2D eigenvalue weighted by Crippen LogP contribution is -2.32. The zero-order valence-electron chi connectivity index (χ0n) is 20.1. The molecular weight excluding hydrogens is 517 g/mol. The Kier molecular flexibility index (Phi) is 8.19. The Labute approximate surface area is 221 Å². The van der Waals surface area contributed by atoms with E-state index in [1.807, 2.05) is 0 Å². The van der Waals surface area contributed by atoms with Crippen LogP contribution >= 0.6 is 11.6 Å². The van der Waals surface area contributed by atoms with Crippen molar-refractivity contribution in [1.82, 2.24) is 9.97 Å². The summed E-state index contributed by atoms with van der Waals surface area (Å²) in [5.74, 6) is -1.27. The largest absolute Gasteiger partial charge is 0.493 e. The minimum absolute atomic E-state index is 0.0384. The highest BCUT2D eigenvalue weighted by Crippen LogP contribution is 2.35. The fourth-order valence-electron chi connectivity index (χ4n) is 3.57. The number of carbonyl (C=O) groups is 2. The molecule has 0 aliphatic rings. The average molecular weight is 540 g/mol. The first-order valence-corrected chi connectivity index (χ1v) is 11.7. The van der Waals surface area contributed by atoms with Crippen molar-refractivity contribution in [2.75, 3.05) is 24.4 Å². The van der Waals surface area contributed by atoms with Crippen molar-refractivity contribution in [1.29, 1.82) is 0 Å². The Morgan fingerprint density at radius 2 is 1.89 bits per heavy atom. The van der Waals surface area contributed by atoms with Gasteiger partial charge in [-0.25, -0.2) is 14.4 Å². The van der Waals surface area contributed by atoms with Crippen LogP contribution in [0.3, 0.4) is 0 Å². The van der Waals surface area contributed by atoms with Crippen LogP contribution in [0.25, 0.3) is 10.9 Å². The summed E-state index contributed by atoms with van der Waals surface area (Å²) in [7, 11) is 1.45. The Morgan fingerprint density at radius 1 is 1.13 bits per heavy atom. The van der Waals surface area contributed by atoms with Gasteiger partial charge in [-0.1, -0.05) is 29.8 Å². The van der Waals surface area contributed by atoms with E-state index in [0.717, 1.165) is 5.56 Å². The van der Waals surface area contributed by atoms with Crippen molar-refractivity contribution >= 4 is 51.6 Å². The smallest absolute Gasteiger partial charge is 0.320 e. The van der Waals surface area contributed by atoms with Gasteiger partial charge in [-0.15, -0.1) is 0 Å². The molecule has 3 aromatic carbocycles. The number of aromatic nitrogens is 2. The summed E-state index contributed by atoms with van der Waals surface area (Å²) >= 11 is 5.88. The van der Waals surface area contributed by atoms with Crippen molar-refractivity contribution in [3.63, 3.8) is 0 Å². The van der Waals surface area contributed by atoms with Gasteiger partial charge in [-0.3, -0.25) is 9.59 Å². The Hall–Kier alpha value is -4.48. The first-order chi connectivity index (χ1) is 18.2. The number of aliphatic carboxylic acids is 1. The number of rotatable bonds is 10. The molecule has 5 N–H and O–H groups in total. The predicted octanol–water partition coefficient (Wildman–Crippen LogP) is 4.15. The molecule has 0 fully saturated rings. The quantitative estimate of drug-likeness (QED) is 0.233. The molecular formula is C26H23ClFN5O5. The summed E-state index contributed by atoms with van der Waals surface area (Å²) in [6, 6.07) is 13.4. The lowest BCUT2D eigenvalue weighted by molar-refractivity contribution is -0.138. The van der Waals surface area contributed by atoms with Gasteiger partial charge < -0.3 is 30.9 Å². The van der Waals surface area contributed by atoms with Crippen LogP contribution in [0.2, 0.25) is 5.02 Å². The van der Waals surface area contributed by atoms with Gasteiger partial charge in [-0.2, -0.15) is 0 Å². The molecule has 0 spiro atoms. The highest BCUT2D eigenvalue weighted by atomic mass is 35.5. The van der Waals surface area contributed by atoms with Crippen molar-refractivity contribution < 1.29 is 28.6 Å². The van der Waals surface area contributed by atoms with Crippen LogP contribution in [0.5, 0.6) is 11.5 Å². The van der Waals surface area contributed by atoms with E-state index in [1.54, 1.807) is 42.5 Å². The van der Waals surface area contributed by atoms with Gasteiger partial charge in [-0.05, 0) is 42.3 Å². The number of hydrogen-bond donors (Lipinski definition) is 4. The van der Waals surface area contributed by atoms with Gasteiger partial charge in [0.1, 0.15) is 18.2 Å². The topological polar surface area (TPSA) is 149 Å². The third-order valence-electron chi connectivity index (χ3n) is 5.49. The number of fused-ring (bicyclic) bond motifs is 1. The normalized spacial score (nSPS) is 11.6. The number of amides is 1. The number of nitrogens with two attached hydrogens (primary N) is 1. The molecule has 0 aliphatic carbocycles. The number of hydrogen-bond acceptors (Lipinski definition) is 8. The summed E-state index contributed by atoms with van der Waals surface area (Å²) in [5, 5.41) is 15.0. The van der Waals surface area contributed by atoms with E-state index in [0.29, 0.717) is 28.2 Å². The number of benzene rings is 3. The number of nitrogens with one attached hydrogen (secondary N) is 2. The molecule has 0 radical (unpaired) electrons. The van der Waals surface area contributed by atoms with Gasteiger partial charge in [0.05, 0.1) is 23.3 Å². The number of nitrogens with zero attached hydrogens (tertiary/aromatic N) is 2. The molecule has 1 atom stereocenters. The average Bonchev–Trinajstić information content (AvgIpc) is 2.90. The Morgan fingerprint density at radius 3 is 2.61 bits per heavy atom. The summed E-state index contributed by atoms with van der Waals surface area (Å²) < 4.78 is 25.5. The van der Waals surface area contributed by atoms with Crippen molar-refractivity contribution in [2.24, 2.45) is 5.73 Å². The maximum Gasteiger partial charge on any atom is 0.320 e. The number of methoxy groups -OCH3 is 1. The zero-order chi connectivity index (χ0) is 27.2. The first kappa shape index (κ1) is 26.6. The van der Waals surface area contributed by atoms with Crippen LogP contribution in [0.1, 0.15) is 5.56 Å². The van der Waals surface area contributed by atoms with E-state index in [-0.39, 0.29) is 29.5 Å². The first-order valence-electron chi connectivity index (χ1n) is 11.3. The minimum atomic E-state index is -1.09. The molecule has 10 nitrogen and oxygen atoms in total. The van der Waals surface area contributed by atoms with E-state index in [2.05, 4.69) is 20.6 Å². The maximum atomic E-state index is 14.4. The monoisotopic (exact) mass is 539 g/mol. The summed E-state index contributed by atoms with van der Waals surface area (Å²) in [6.07, 6.45) is 1.49. The number of carbonyl (C=O) groups excluding carboxylic acids is 1. The number of carboxylic acid groups (broad SMARTS) is 1. The molecule has 38 heavy (non-hydrogen) atoms. The van der Waals surface area contributed by atoms with E-state index < -0.39 is 23.7 Å². The molecule has 0 saturated heterocycles. The minimum Gasteiger partial charge on any atom is -0.493 e. The molecule has 0 unspecified atom stereocenters. The lowest BCUT2D eigenvalue weighted by atomic mass is 10.1. The van der Waals surface area contributed by atoms with Gasteiger partial charge in [0, 0.05) is 17.1 Å². The second-order valence-electron chi connectivity index (χ2n) is 8.15. The molecule has 0 bridgehead atoms. The molecule has 0 aliphatic heterocycles. The number of halogens is 2. The molecule has 4 rings (SSSR count). The van der Waals surface area contributed by atoms with E-state index in [9.17, 15) is 14.0 Å². The molecule has 12 heteroatoms. The van der Waals surface area contributed by atoms with Crippen LogP contribution in [-0.2, 0) is 16.0 Å². The maximum absolute atomic E-state index is 14.4. The third-order valence-corrected chi connectivity index (χ3v) is 5.79. The van der Waals surface area contributed by atoms with Crippen molar-refractivity contribution in [3.05, 3.63) is 77.3 Å². The number of ether oxygens (including phenoxy) is 2. The molecule has 1 heterocycles. The van der Waals surface area contributed by atoms with Gasteiger partial charge >= 0.3 is 5.97 Å². The third kappa shape index (κ3) is 6.25. The summed E-state index contributed by atoms with van der Waals surface area (Å²) in [5.41, 5.74) is 7.40. The predicted molar refractivity (Wildman–Crippen MR) is 141 cm³/mol.